The fourth-order valence-corrected chi connectivity index (χ4v) is 4.17. The smallest absolute Gasteiger partial charge is 0.221 e. The summed E-state index contributed by atoms with van der Waals surface area (Å²) in [5.41, 5.74) is 0. The Kier molecular flexibility index (Phi) is 6.48. The maximum absolute atomic E-state index is 12.4. The average molecular weight is 355 g/mol. The first kappa shape index (κ1) is 18.6. The first-order valence-electron chi connectivity index (χ1n) is 8.17. The Bertz CT molecular complexity index is 666. The molecule has 1 aliphatic carbocycles. The molecule has 1 aromatic rings. The van der Waals surface area contributed by atoms with Crippen molar-refractivity contribution in [3.8, 4) is 11.5 Å². The topological polar surface area (TPSA) is 81.7 Å². The van der Waals surface area contributed by atoms with Crippen LogP contribution in [0.25, 0.3) is 0 Å². The molecule has 1 saturated carbocycles. The first-order valence-corrected chi connectivity index (χ1v) is 9.83. The van der Waals surface area contributed by atoms with Gasteiger partial charge >= 0.3 is 0 Å². The van der Waals surface area contributed by atoms with Crippen LogP contribution in [0.5, 0.6) is 11.5 Å². The lowest BCUT2D eigenvalue weighted by atomic mass is 10.1. The van der Waals surface area contributed by atoms with Crippen LogP contribution < -0.4 is 14.8 Å². The molecule has 0 unspecified atom stereocenters. The van der Waals surface area contributed by atoms with E-state index in [1.165, 1.54) is 39.2 Å². The molecule has 1 aromatic carbocycles. The van der Waals surface area contributed by atoms with Gasteiger partial charge in [-0.2, -0.15) is 0 Å². The predicted molar refractivity (Wildman–Crippen MR) is 91.2 cm³/mol. The van der Waals surface area contributed by atoms with Crippen molar-refractivity contribution >= 4 is 15.7 Å². The summed E-state index contributed by atoms with van der Waals surface area (Å²) in [6.45, 7) is 0.648. The van der Waals surface area contributed by atoms with Crippen molar-refractivity contribution in [3.63, 3.8) is 0 Å². The monoisotopic (exact) mass is 355 g/mol. The fraction of sp³-hybridized carbons (Fsp3) is 0.588. The van der Waals surface area contributed by atoms with Gasteiger partial charge in [0.05, 0.1) is 24.9 Å². The van der Waals surface area contributed by atoms with Crippen LogP contribution in [0, 0.1) is 5.92 Å². The standard InChI is InChI=1S/C17H25NO5S/c1-22-15-8-7-14(11-16(15)23-2)24(20,21)10-9-17(19)18-12-13-5-3-4-6-13/h7-8,11,13H,3-6,9-10,12H2,1-2H3,(H,18,19). The summed E-state index contributed by atoms with van der Waals surface area (Å²) in [5.74, 6) is 0.913. The van der Waals surface area contributed by atoms with Gasteiger partial charge in [-0.25, -0.2) is 8.42 Å². The summed E-state index contributed by atoms with van der Waals surface area (Å²) in [6.07, 6.45) is 4.68. The lowest BCUT2D eigenvalue weighted by molar-refractivity contribution is -0.120. The van der Waals surface area contributed by atoms with Crippen LogP contribution in [-0.2, 0) is 14.6 Å². The molecule has 1 fully saturated rings. The Labute approximate surface area is 143 Å². The first-order chi connectivity index (χ1) is 11.5. The van der Waals surface area contributed by atoms with Crippen LogP contribution in [0.4, 0.5) is 0 Å². The molecule has 1 amide bonds. The van der Waals surface area contributed by atoms with Crippen LogP contribution in [-0.4, -0.2) is 40.8 Å². The van der Waals surface area contributed by atoms with E-state index in [-0.39, 0.29) is 23.0 Å². The number of ether oxygens (including phenoxy) is 2. The molecule has 6 nitrogen and oxygen atoms in total. The Morgan fingerprint density at radius 2 is 1.83 bits per heavy atom. The van der Waals surface area contributed by atoms with Gasteiger partial charge in [-0.15, -0.1) is 0 Å². The highest BCUT2D eigenvalue weighted by Crippen LogP contribution is 2.30. The lowest BCUT2D eigenvalue weighted by Gasteiger charge is -2.12. The Morgan fingerprint density at radius 3 is 2.46 bits per heavy atom. The van der Waals surface area contributed by atoms with E-state index in [0.717, 1.165) is 12.8 Å². The number of nitrogens with one attached hydrogen (secondary N) is 1. The van der Waals surface area contributed by atoms with E-state index in [1.54, 1.807) is 6.07 Å². The van der Waals surface area contributed by atoms with Gasteiger partial charge in [-0.1, -0.05) is 12.8 Å². The van der Waals surface area contributed by atoms with Crippen molar-refractivity contribution in [1.82, 2.24) is 5.32 Å². The van der Waals surface area contributed by atoms with Crippen molar-refractivity contribution < 1.29 is 22.7 Å². The third-order valence-corrected chi connectivity index (χ3v) is 6.09. The van der Waals surface area contributed by atoms with Crippen LogP contribution in [0.1, 0.15) is 32.1 Å². The highest BCUT2D eigenvalue weighted by Gasteiger charge is 2.20. The van der Waals surface area contributed by atoms with E-state index in [1.807, 2.05) is 0 Å². The van der Waals surface area contributed by atoms with Gasteiger partial charge in [-0.05, 0) is 30.9 Å². The molecule has 0 spiro atoms. The highest BCUT2D eigenvalue weighted by atomic mass is 32.2. The third kappa shape index (κ3) is 4.87. The van der Waals surface area contributed by atoms with Gasteiger partial charge in [0.2, 0.25) is 5.91 Å². The number of carbonyl (C=O) groups excluding carboxylic acids is 1. The van der Waals surface area contributed by atoms with Gasteiger partial charge in [-0.3, -0.25) is 4.79 Å². The fourth-order valence-electron chi connectivity index (χ4n) is 2.92. The van der Waals surface area contributed by atoms with E-state index in [9.17, 15) is 13.2 Å². The van der Waals surface area contributed by atoms with E-state index >= 15 is 0 Å². The zero-order valence-corrected chi connectivity index (χ0v) is 15.0. The predicted octanol–water partition coefficient (Wildman–Crippen LogP) is 2.17. The summed E-state index contributed by atoms with van der Waals surface area (Å²) < 4.78 is 35.0. The maximum Gasteiger partial charge on any atom is 0.221 e. The lowest BCUT2D eigenvalue weighted by Crippen LogP contribution is -2.29. The molecular formula is C17H25NO5S. The average Bonchev–Trinajstić information content (AvgIpc) is 3.11. The highest BCUT2D eigenvalue weighted by molar-refractivity contribution is 7.91. The van der Waals surface area contributed by atoms with Crippen molar-refractivity contribution in [2.24, 2.45) is 5.92 Å². The molecule has 0 saturated heterocycles. The number of hydrogen-bond acceptors (Lipinski definition) is 5. The van der Waals surface area contributed by atoms with Gasteiger partial charge < -0.3 is 14.8 Å². The second-order valence-corrected chi connectivity index (χ2v) is 8.15. The second-order valence-electron chi connectivity index (χ2n) is 6.04. The summed E-state index contributed by atoms with van der Waals surface area (Å²) >= 11 is 0. The number of methoxy groups -OCH3 is 2. The molecule has 24 heavy (non-hydrogen) atoms. The summed E-state index contributed by atoms with van der Waals surface area (Å²) in [6, 6.07) is 4.43. The number of sulfone groups is 1. The van der Waals surface area contributed by atoms with E-state index in [2.05, 4.69) is 5.32 Å². The minimum absolute atomic E-state index is 0.0383. The van der Waals surface area contributed by atoms with Gasteiger partial charge in [0.25, 0.3) is 0 Å². The Hall–Kier alpha value is -1.76. The number of rotatable bonds is 8. The largest absolute Gasteiger partial charge is 0.493 e. The van der Waals surface area contributed by atoms with Crippen LogP contribution in [0.15, 0.2) is 23.1 Å². The molecular weight excluding hydrogens is 330 g/mol. The van der Waals surface area contributed by atoms with Crippen LogP contribution in [0.3, 0.4) is 0 Å². The molecule has 1 N–H and O–H groups in total. The molecule has 2 rings (SSSR count). The minimum atomic E-state index is -3.55. The number of benzene rings is 1. The molecule has 0 radical (unpaired) electrons. The van der Waals surface area contributed by atoms with Gasteiger partial charge in [0.15, 0.2) is 21.3 Å². The maximum atomic E-state index is 12.4. The molecule has 0 heterocycles. The normalized spacial score (nSPS) is 15.2. The summed E-state index contributed by atoms with van der Waals surface area (Å²) in [7, 11) is -0.611. The van der Waals surface area contributed by atoms with Crippen LogP contribution in [0.2, 0.25) is 0 Å². The zero-order valence-electron chi connectivity index (χ0n) is 14.2. The summed E-state index contributed by atoms with van der Waals surface area (Å²) in [5, 5.41) is 2.84. The van der Waals surface area contributed by atoms with Crippen molar-refractivity contribution in [3.05, 3.63) is 18.2 Å². The van der Waals surface area contributed by atoms with Gasteiger partial charge in [0.1, 0.15) is 0 Å². The zero-order chi connectivity index (χ0) is 17.6. The summed E-state index contributed by atoms with van der Waals surface area (Å²) in [4.78, 5) is 12.0. The third-order valence-electron chi connectivity index (χ3n) is 4.37. The molecule has 0 aliphatic heterocycles. The molecule has 0 aromatic heterocycles. The number of amides is 1. The number of hydrogen-bond donors (Lipinski definition) is 1. The minimum Gasteiger partial charge on any atom is -0.493 e. The van der Waals surface area contributed by atoms with Crippen molar-refractivity contribution in [2.45, 2.75) is 37.0 Å². The van der Waals surface area contributed by atoms with Crippen LogP contribution >= 0.6 is 0 Å². The van der Waals surface area contributed by atoms with E-state index < -0.39 is 9.84 Å². The molecule has 134 valence electrons. The van der Waals surface area contributed by atoms with Crippen molar-refractivity contribution in [1.29, 1.82) is 0 Å². The quantitative estimate of drug-likeness (QED) is 0.773. The van der Waals surface area contributed by atoms with Crippen molar-refractivity contribution in [2.75, 3.05) is 26.5 Å². The Balaban J connectivity index is 1.91. The molecule has 0 bridgehead atoms. The number of carbonyl (C=O) groups is 1. The molecule has 0 atom stereocenters. The van der Waals surface area contributed by atoms with E-state index in [4.69, 9.17) is 9.47 Å². The molecule has 7 heteroatoms. The molecule has 1 aliphatic rings. The van der Waals surface area contributed by atoms with Gasteiger partial charge in [0, 0.05) is 19.0 Å². The Morgan fingerprint density at radius 1 is 1.17 bits per heavy atom. The van der Waals surface area contributed by atoms with E-state index in [0.29, 0.717) is 24.0 Å². The SMILES string of the molecule is COc1ccc(S(=O)(=O)CCC(=O)NCC2CCCC2)cc1OC. The second kappa shape index (κ2) is 8.37.